The number of unbranched alkanes of at least 4 members (excludes halogenated alkanes) is 26. The number of hydrogen-bond acceptors (Lipinski definition) is 18. The molecule has 1 amide bonds. The molecule has 95 heavy (non-hydrogen) atoms. The van der Waals surface area contributed by atoms with Gasteiger partial charge in [0, 0.05) is 6.42 Å². The monoisotopic (exact) mass is 1350 g/mol. The van der Waals surface area contributed by atoms with Gasteiger partial charge in [-0.25, -0.2) is 0 Å². The van der Waals surface area contributed by atoms with Gasteiger partial charge in [-0.3, -0.25) is 4.79 Å². The molecule has 0 radical (unpaired) electrons. The van der Waals surface area contributed by atoms with E-state index in [0.717, 1.165) is 70.6 Å². The van der Waals surface area contributed by atoms with Gasteiger partial charge in [0.2, 0.25) is 5.91 Å². The molecular formula is C76H131NO18. The molecule has 0 saturated carbocycles. The molecule has 12 N–H and O–H groups in total. The highest BCUT2D eigenvalue weighted by Gasteiger charge is 2.53. The Kier molecular flexibility index (Phi) is 51.1. The summed E-state index contributed by atoms with van der Waals surface area (Å²) < 4.78 is 34.4. The van der Waals surface area contributed by atoms with Gasteiger partial charge in [0.25, 0.3) is 0 Å². The van der Waals surface area contributed by atoms with Gasteiger partial charge in [-0.2, -0.15) is 0 Å². The largest absolute Gasteiger partial charge is 0.394 e. The Hall–Kier alpha value is -3.29. The third kappa shape index (κ3) is 37.6. The van der Waals surface area contributed by atoms with E-state index in [2.05, 4.69) is 98.2 Å². The van der Waals surface area contributed by atoms with Crippen molar-refractivity contribution in [2.24, 2.45) is 0 Å². The van der Waals surface area contributed by atoms with E-state index in [1.807, 2.05) is 12.2 Å². The number of amides is 1. The first kappa shape index (κ1) is 85.9. The lowest BCUT2D eigenvalue weighted by Crippen LogP contribution is -2.66. The average Bonchev–Trinajstić information content (AvgIpc) is 0.787. The topological polar surface area (TPSA) is 307 Å². The molecule has 3 heterocycles. The van der Waals surface area contributed by atoms with Crippen molar-refractivity contribution in [3.05, 3.63) is 97.2 Å². The molecule has 3 aliphatic heterocycles. The molecule has 0 bridgehead atoms. The van der Waals surface area contributed by atoms with Gasteiger partial charge in [-0.15, -0.1) is 0 Å². The summed E-state index contributed by atoms with van der Waals surface area (Å²) in [7, 11) is 0. The van der Waals surface area contributed by atoms with Gasteiger partial charge in [-0.1, -0.05) is 265 Å². The normalized spacial score (nSPS) is 27.8. The SMILES string of the molecule is CC/C=C\C/C=C\C/C=C\C/C=C\C/C=C\C/C=C\C/C=C\CCCC(=O)NC(COC1OC(CO)C(OC2OC(CO)C(OC3OC(CO)C(O)C(O)C3O)C(O)C2O)C(O)C1O)C(O)/C=C/CCCCCCCCCCCCCCCCCCCCCCCCCCC. The summed E-state index contributed by atoms with van der Waals surface area (Å²) in [4.78, 5) is 13.4. The standard InChI is InChI=1S/C76H131NO18/c1-3-5-7-9-11-13-15-17-19-21-23-25-27-28-29-30-32-33-35-37-39-41-43-45-47-49-51-53-60(81)59(77-64(82)54-52-50-48-46-44-42-40-38-36-34-31-26-24-22-20-18-16-14-12-10-8-6-4-2)58-90-74-70(88)67(85)72(62(56-79)92-74)95-76-71(89)68(86)73(63(57-80)93-76)94-75-69(87)66(84)65(83)61(55-78)91-75/h6,8,12,14,18,20,24,26,34,36,40,42,46,48,51,53,59-63,65-76,78-81,83-89H,3-5,7,9-11,13,15-17,19,21-23,25,27-33,35,37-39,41,43-45,47,49-50,52,54-58H2,1-2H3,(H,77,82)/b8-6-,14-12-,20-18-,26-24-,36-34-,42-40-,48-46-,53-51+. The van der Waals surface area contributed by atoms with Crippen molar-refractivity contribution >= 4 is 5.91 Å². The van der Waals surface area contributed by atoms with Crippen LogP contribution in [0, 0.1) is 0 Å². The zero-order chi connectivity index (χ0) is 68.9. The predicted octanol–water partition coefficient (Wildman–Crippen LogP) is 10.8. The van der Waals surface area contributed by atoms with Crippen molar-refractivity contribution in [1.29, 1.82) is 0 Å². The van der Waals surface area contributed by atoms with Crippen LogP contribution in [0.2, 0.25) is 0 Å². The van der Waals surface area contributed by atoms with Gasteiger partial charge in [0.1, 0.15) is 73.2 Å². The first-order chi connectivity index (χ1) is 46.3. The van der Waals surface area contributed by atoms with Crippen molar-refractivity contribution in [2.45, 2.75) is 349 Å². The minimum atomic E-state index is -1.99. The van der Waals surface area contributed by atoms with E-state index in [1.165, 1.54) is 141 Å². The second-order valence-corrected chi connectivity index (χ2v) is 26.0. The highest BCUT2D eigenvalue weighted by Crippen LogP contribution is 2.33. The van der Waals surface area contributed by atoms with Crippen LogP contribution in [0.1, 0.15) is 245 Å². The molecule has 3 fully saturated rings. The summed E-state index contributed by atoms with van der Waals surface area (Å²) in [5.41, 5.74) is 0. The summed E-state index contributed by atoms with van der Waals surface area (Å²) in [6.45, 7) is 1.59. The third-order valence-corrected chi connectivity index (χ3v) is 17.9. The van der Waals surface area contributed by atoms with E-state index in [1.54, 1.807) is 6.08 Å². The van der Waals surface area contributed by atoms with Crippen molar-refractivity contribution in [3.63, 3.8) is 0 Å². The Morgan fingerprint density at radius 1 is 0.389 bits per heavy atom. The fourth-order valence-corrected chi connectivity index (χ4v) is 11.9. The van der Waals surface area contributed by atoms with Crippen LogP contribution in [0.25, 0.3) is 0 Å². The van der Waals surface area contributed by atoms with Crippen LogP contribution in [0.4, 0.5) is 0 Å². The second-order valence-electron chi connectivity index (χ2n) is 26.0. The summed E-state index contributed by atoms with van der Waals surface area (Å²) in [5.74, 6) is -0.335. The van der Waals surface area contributed by atoms with E-state index in [0.29, 0.717) is 12.8 Å². The number of ether oxygens (including phenoxy) is 6. The minimum absolute atomic E-state index is 0.158. The fraction of sp³-hybridized carbons (Fsp3) is 0.776. The van der Waals surface area contributed by atoms with Crippen LogP contribution in [0.5, 0.6) is 0 Å². The number of allylic oxidation sites excluding steroid dienone is 15. The Morgan fingerprint density at radius 2 is 0.726 bits per heavy atom. The van der Waals surface area contributed by atoms with Crippen molar-refractivity contribution in [2.75, 3.05) is 26.4 Å². The maximum absolute atomic E-state index is 13.4. The van der Waals surface area contributed by atoms with Crippen molar-refractivity contribution in [1.82, 2.24) is 5.32 Å². The summed E-state index contributed by atoms with van der Waals surface area (Å²) in [6, 6.07) is -1.01. The van der Waals surface area contributed by atoms with Gasteiger partial charge in [0.15, 0.2) is 18.9 Å². The maximum Gasteiger partial charge on any atom is 0.220 e. The van der Waals surface area contributed by atoms with Crippen LogP contribution < -0.4 is 5.32 Å². The van der Waals surface area contributed by atoms with E-state index in [9.17, 15) is 61.0 Å². The molecule has 3 aliphatic rings. The zero-order valence-electron chi connectivity index (χ0n) is 58.1. The lowest BCUT2D eigenvalue weighted by atomic mass is 9.96. The van der Waals surface area contributed by atoms with Crippen molar-refractivity contribution in [3.8, 4) is 0 Å². The van der Waals surface area contributed by atoms with E-state index < -0.39 is 124 Å². The van der Waals surface area contributed by atoms with Gasteiger partial charge in [0.05, 0.1) is 38.6 Å². The number of aliphatic hydroxyl groups excluding tert-OH is 11. The molecule has 0 spiro atoms. The number of carbonyl (C=O) groups is 1. The third-order valence-electron chi connectivity index (χ3n) is 17.9. The molecule has 0 aromatic carbocycles. The molecule has 3 saturated heterocycles. The number of carbonyl (C=O) groups excluding carboxylic acids is 1. The summed E-state index contributed by atoms with van der Waals surface area (Å²) in [5, 5.41) is 121. The lowest BCUT2D eigenvalue weighted by Gasteiger charge is -2.48. The number of rotatable bonds is 56. The van der Waals surface area contributed by atoms with Crippen molar-refractivity contribution < 1.29 is 89.4 Å². The van der Waals surface area contributed by atoms with Crippen LogP contribution >= 0.6 is 0 Å². The maximum atomic E-state index is 13.4. The minimum Gasteiger partial charge on any atom is -0.394 e. The Bertz CT molecular complexity index is 2100. The van der Waals surface area contributed by atoms with Gasteiger partial charge >= 0.3 is 0 Å². The van der Waals surface area contributed by atoms with Gasteiger partial charge < -0.3 is 89.9 Å². The molecule has 19 nitrogen and oxygen atoms in total. The summed E-state index contributed by atoms with van der Waals surface area (Å²) >= 11 is 0. The predicted molar refractivity (Wildman–Crippen MR) is 374 cm³/mol. The molecule has 17 unspecified atom stereocenters. The molecule has 0 aromatic heterocycles. The Morgan fingerprint density at radius 3 is 1.13 bits per heavy atom. The molecule has 3 rings (SSSR count). The quantitative estimate of drug-likeness (QED) is 0.0199. The van der Waals surface area contributed by atoms with Crippen LogP contribution in [0.3, 0.4) is 0 Å². The molecule has 0 aromatic rings. The highest BCUT2D eigenvalue weighted by atomic mass is 16.8. The summed E-state index contributed by atoms with van der Waals surface area (Å²) in [6.07, 6.45) is 48.2. The molecule has 0 aliphatic carbocycles. The average molecular weight is 1350 g/mol. The van der Waals surface area contributed by atoms with Crippen LogP contribution in [-0.2, 0) is 33.2 Å². The fourth-order valence-electron chi connectivity index (χ4n) is 11.9. The second kappa shape index (κ2) is 56.5. The van der Waals surface area contributed by atoms with Gasteiger partial charge in [-0.05, 0) is 70.6 Å². The lowest BCUT2D eigenvalue weighted by molar-refractivity contribution is -0.379. The Balaban J connectivity index is 1.44. The molecular weight excluding hydrogens is 1210 g/mol. The first-order valence-electron chi connectivity index (χ1n) is 37.0. The zero-order valence-corrected chi connectivity index (χ0v) is 58.1. The Labute approximate surface area is 571 Å². The van der Waals surface area contributed by atoms with E-state index in [4.69, 9.17) is 28.4 Å². The number of hydrogen-bond donors (Lipinski definition) is 12. The molecule has 17 atom stereocenters. The van der Waals surface area contributed by atoms with E-state index in [-0.39, 0.29) is 18.9 Å². The number of aliphatic hydroxyl groups is 11. The first-order valence-corrected chi connectivity index (χ1v) is 37.0. The molecule has 548 valence electrons. The molecule has 19 heteroatoms. The highest BCUT2D eigenvalue weighted by molar-refractivity contribution is 5.76. The van der Waals surface area contributed by atoms with Crippen LogP contribution in [0.15, 0.2) is 97.2 Å². The number of nitrogens with one attached hydrogen (secondary N) is 1. The van der Waals surface area contributed by atoms with E-state index >= 15 is 0 Å². The van der Waals surface area contributed by atoms with Crippen LogP contribution in [-0.4, -0.2) is 193 Å². The smallest absolute Gasteiger partial charge is 0.220 e.